The van der Waals surface area contributed by atoms with Crippen molar-refractivity contribution in [1.29, 1.82) is 0 Å². The van der Waals surface area contributed by atoms with Gasteiger partial charge >= 0.3 is 0 Å². The van der Waals surface area contributed by atoms with E-state index in [1.54, 1.807) is 0 Å². The van der Waals surface area contributed by atoms with E-state index in [2.05, 4.69) is 74.6 Å². The minimum atomic E-state index is -0.183. The Morgan fingerprint density at radius 1 is 1.02 bits per heavy atom. The van der Waals surface area contributed by atoms with Gasteiger partial charge in [-0.15, -0.1) is 0 Å². The molecule has 1 aromatic carbocycles. The lowest BCUT2D eigenvalue weighted by atomic mass is 9.47. The molecule has 0 aromatic heterocycles. The molecule has 3 saturated carbocycles. The lowest BCUT2D eigenvalue weighted by Crippen LogP contribution is -2.51. The van der Waals surface area contributed by atoms with Crippen LogP contribution in [-0.2, 0) is 19.8 Å². The van der Waals surface area contributed by atoms with E-state index in [4.69, 9.17) is 9.57 Å². The zero-order chi connectivity index (χ0) is 29.6. The van der Waals surface area contributed by atoms with Gasteiger partial charge in [-0.05, 0) is 125 Å². The molecule has 0 unspecified atom stereocenters. The number of fused-ring (bicyclic) bond motifs is 5. The van der Waals surface area contributed by atoms with E-state index in [0.717, 1.165) is 69.6 Å². The van der Waals surface area contributed by atoms with E-state index in [9.17, 15) is 9.90 Å². The molecule has 5 aliphatic rings. The molecule has 1 saturated heterocycles. The zero-order valence-electron chi connectivity index (χ0n) is 26.3. The summed E-state index contributed by atoms with van der Waals surface area (Å²) in [5.74, 6) is 1.98. The maximum atomic E-state index is 12.7. The summed E-state index contributed by atoms with van der Waals surface area (Å²) in [7, 11) is 0. The lowest BCUT2D eigenvalue weighted by molar-refractivity contribution is -0.125. The SMILES string of the molecule is CC1(C)C[C@](CCNC(=O)CON=C2C=C3CC[C@H]4[C@@H]5CC[C@H](O)[C@@]5(C)CC[C@@H]4[C@@]3(C)CC2)(c2ccccc2)CCO1. The Labute approximate surface area is 252 Å². The highest BCUT2D eigenvalue weighted by Crippen LogP contribution is 2.65. The third kappa shape index (κ3) is 5.47. The fourth-order valence-electron chi connectivity index (χ4n) is 10.2. The van der Waals surface area contributed by atoms with Gasteiger partial charge < -0.3 is 20.0 Å². The van der Waals surface area contributed by atoms with Crippen LogP contribution in [0.1, 0.15) is 104 Å². The van der Waals surface area contributed by atoms with Gasteiger partial charge in [0.25, 0.3) is 5.91 Å². The van der Waals surface area contributed by atoms with E-state index in [-0.39, 0.29) is 40.5 Å². The number of allylic oxidation sites excluding steroid dienone is 2. The van der Waals surface area contributed by atoms with Crippen LogP contribution in [0.5, 0.6) is 0 Å². The second-order valence-electron chi connectivity index (χ2n) is 15.3. The number of carbonyl (C=O) groups is 1. The molecule has 0 spiro atoms. The molecule has 230 valence electrons. The summed E-state index contributed by atoms with van der Waals surface area (Å²) in [6, 6.07) is 10.7. The maximum Gasteiger partial charge on any atom is 0.260 e. The minimum Gasteiger partial charge on any atom is -0.393 e. The number of hydrogen-bond donors (Lipinski definition) is 2. The number of carbonyl (C=O) groups excluding carboxylic acids is 1. The molecular formula is C36H52N2O4. The quantitative estimate of drug-likeness (QED) is 0.353. The summed E-state index contributed by atoms with van der Waals surface area (Å²) in [5, 5.41) is 18.3. The predicted octanol–water partition coefficient (Wildman–Crippen LogP) is 6.72. The molecule has 6 rings (SSSR count). The van der Waals surface area contributed by atoms with Gasteiger partial charge in [-0.3, -0.25) is 4.79 Å². The first-order valence-corrected chi connectivity index (χ1v) is 16.6. The first kappa shape index (κ1) is 29.9. The lowest BCUT2D eigenvalue weighted by Gasteiger charge is -2.57. The normalized spacial score (nSPS) is 39.9. The summed E-state index contributed by atoms with van der Waals surface area (Å²) < 4.78 is 6.03. The van der Waals surface area contributed by atoms with Crippen molar-refractivity contribution in [3.63, 3.8) is 0 Å². The highest BCUT2D eigenvalue weighted by molar-refractivity contribution is 5.96. The van der Waals surface area contributed by atoms with E-state index in [0.29, 0.717) is 18.4 Å². The Morgan fingerprint density at radius 2 is 1.83 bits per heavy atom. The van der Waals surface area contributed by atoms with Crippen LogP contribution in [0.3, 0.4) is 0 Å². The Hall–Kier alpha value is -2.18. The van der Waals surface area contributed by atoms with Gasteiger partial charge in [-0.25, -0.2) is 0 Å². The number of ether oxygens (including phenoxy) is 1. The number of aliphatic hydroxyl groups excluding tert-OH is 1. The third-order valence-electron chi connectivity index (χ3n) is 12.5. The Balaban J connectivity index is 1.02. The molecule has 0 bridgehead atoms. The van der Waals surface area contributed by atoms with Crippen molar-refractivity contribution in [2.75, 3.05) is 19.8 Å². The zero-order valence-corrected chi connectivity index (χ0v) is 26.3. The van der Waals surface area contributed by atoms with Crippen molar-refractivity contribution < 1.29 is 19.5 Å². The van der Waals surface area contributed by atoms with Crippen LogP contribution in [0, 0.1) is 28.6 Å². The number of benzene rings is 1. The smallest absolute Gasteiger partial charge is 0.260 e. The number of aliphatic hydroxyl groups is 1. The number of amides is 1. The highest BCUT2D eigenvalue weighted by Gasteiger charge is 2.58. The molecule has 0 radical (unpaired) electrons. The number of nitrogens with zero attached hydrogens (tertiary/aromatic N) is 1. The van der Waals surface area contributed by atoms with Gasteiger partial charge in [0.1, 0.15) is 0 Å². The molecule has 1 heterocycles. The monoisotopic (exact) mass is 576 g/mol. The summed E-state index contributed by atoms with van der Waals surface area (Å²) in [4.78, 5) is 18.3. The van der Waals surface area contributed by atoms with Crippen molar-refractivity contribution in [2.45, 2.75) is 115 Å². The molecule has 6 heteroatoms. The van der Waals surface area contributed by atoms with Crippen LogP contribution in [0.2, 0.25) is 0 Å². The Morgan fingerprint density at radius 3 is 2.62 bits per heavy atom. The molecule has 1 aliphatic heterocycles. The van der Waals surface area contributed by atoms with E-state index >= 15 is 0 Å². The summed E-state index contributed by atoms with van der Waals surface area (Å²) in [5.41, 5.74) is 3.98. The summed E-state index contributed by atoms with van der Waals surface area (Å²) in [6.45, 7) is 10.4. The summed E-state index contributed by atoms with van der Waals surface area (Å²) >= 11 is 0. The van der Waals surface area contributed by atoms with Gasteiger partial charge in [-0.2, -0.15) is 0 Å². The molecule has 6 nitrogen and oxygen atoms in total. The molecule has 7 atom stereocenters. The van der Waals surface area contributed by atoms with Crippen molar-refractivity contribution in [1.82, 2.24) is 5.32 Å². The first-order valence-electron chi connectivity index (χ1n) is 16.6. The Kier molecular flexibility index (Phi) is 8.10. The number of rotatable bonds is 7. The second-order valence-corrected chi connectivity index (χ2v) is 15.3. The number of oxime groups is 1. The van der Waals surface area contributed by atoms with Gasteiger partial charge in [0.15, 0.2) is 6.61 Å². The number of nitrogens with one attached hydrogen (secondary N) is 1. The van der Waals surface area contributed by atoms with E-state index in [1.807, 2.05) is 0 Å². The van der Waals surface area contributed by atoms with Gasteiger partial charge in [0, 0.05) is 18.6 Å². The third-order valence-corrected chi connectivity index (χ3v) is 12.5. The molecular weight excluding hydrogens is 524 g/mol. The largest absolute Gasteiger partial charge is 0.393 e. The molecule has 2 N–H and O–H groups in total. The van der Waals surface area contributed by atoms with Crippen LogP contribution < -0.4 is 5.32 Å². The fourth-order valence-corrected chi connectivity index (χ4v) is 10.2. The van der Waals surface area contributed by atoms with Crippen molar-refractivity contribution in [2.24, 2.45) is 33.7 Å². The van der Waals surface area contributed by atoms with Crippen LogP contribution in [0.4, 0.5) is 0 Å². The highest BCUT2D eigenvalue weighted by atomic mass is 16.6. The molecule has 1 aromatic rings. The molecule has 4 aliphatic carbocycles. The maximum absolute atomic E-state index is 12.7. The van der Waals surface area contributed by atoms with Crippen LogP contribution in [-0.4, -0.2) is 48.2 Å². The molecule has 42 heavy (non-hydrogen) atoms. The van der Waals surface area contributed by atoms with Crippen molar-refractivity contribution in [3.05, 3.63) is 47.5 Å². The standard InChI is InChI=1S/C36H52N2O4/c1-33(2)24-36(19-21-41-33,25-8-6-5-7-9-25)18-20-37-32(40)23-42-38-27-14-16-34(3)26(22-27)10-11-28-29-12-13-31(39)35(29,4)17-15-30(28)34/h5-9,22,28-31,39H,10-21,23-24H2,1-4H3,(H,37,40)/t28-,29-,30-,31-,34-,35-,36+/m0/s1. The van der Waals surface area contributed by atoms with Gasteiger partial charge in [0.05, 0.1) is 17.4 Å². The number of hydrogen-bond acceptors (Lipinski definition) is 5. The average Bonchev–Trinajstić information content (AvgIpc) is 3.27. The Bertz CT molecular complexity index is 1210. The van der Waals surface area contributed by atoms with E-state index in [1.165, 1.54) is 30.4 Å². The first-order chi connectivity index (χ1) is 20.0. The fraction of sp³-hybridized carbons (Fsp3) is 0.722. The van der Waals surface area contributed by atoms with Crippen molar-refractivity contribution >= 4 is 11.6 Å². The second kappa shape index (κ2) is 11.4. The van der Waals surface area contributed by atoms with Crippen LogP contribution in [0.15, 0.2) is 47.1 Å². The van der Waals surface area contributed by atoms with Gasteiger partial charge in [0.2, 0.25) is 0 Å². The predicted molar refractivity (Wildman–Crippen MR) is 166 cm³/mol. The van der Waals surface area contributed by atoms with Crippen LogP contribution >= 0.6 is 0 Å². The van der Waals surface area contributed by atoms with Gasteiger partial charge in [-0.1, -0.05) is 54.9 Å². The molecule has 4 fully saturated rings. The minimum absolute atomic E-state index is 0.00810. The summed E-state index contributed by atoms with van der Waals surface area (Å²) in [6.07, 6.45) is 13.8. The topological polar surface area (TPSA) is 80.2 Å². The molecule has 1 amide bonds. The average molecular weight is 577 g/mol. The van der Waals surface area contributed by atoms with E-state index < -0.39 is 0 Å². The van der Waals surface area contributed by atoms with Crippen LogP contribution in [0.25, 0.3) is 0 Å². The van der Waals surface area contributed by atoms with Crippen molar-refractivity contribution in [3.8, 4) is 0 Å².